The number of carbonyl (C=O) groups excluding carboxylic acids is 1. The van der Waals surface area contributed by atoms with Crippen LogP contribution in [-0.2, 0) is 21.1 Å². The van der Waals surface area contributed by atoms with Crippen LogP contribution in [0.4, 0.5) is 0 Å². The van der Waals surface area contributed by atoms with E-state index < -0.39 is 0 Å². The van der Waals surface area contributed by atoms with Gasteiger partial charge in [0.1, 0.15) is 5.75 Å². The maximum Gasteiger partial charge on any atom is 0.250 e. The minimum absolute atomic E-state index is 0. The SMILES string of the molecule is [CH2-]c1c(C)n(C(=O)c2ccc(Cl)cc2)c2ccc(OC)cc12.[W]. The molecule has 1 aromatic heterocycles. The fraction of sp³-hybridized carbons (Fsp3) is 0.111. The van der Waals surface area contributed by atoms with Crippen LogP contribution in [0.1, 0.15) is 21.6 Å². The fourth-order valence-corrected chi connectivity index (χ4v) is 2.70. The summed E-state index contributed by atoms with van der Waals surface area (Å²) in [5, 5.41) is 1.52. The van der Waals surface area contributed by atoms with E-state index in [4.69, 9.17) is 16.3 Å². The molecule has 5 heteroatoms. The Morgan fingerprint density at radius 1 is 1.17 bits per heavy atom. The van der Waals surface area contributed by atoms with Crippen molar-refractivity contribution in [3.8, 4) is 5.75 Å². The van der Waals surface area contributed by atoms with Gasteiger partial charge in [0.05, 0.1) is 7.11 Å². The molecule has 3 aromatic rings. The van der Waals surface area contributed by atoms with Crippen molar-refractivity contribution in [1.82, 2.24) is 4.57 Å². The van der Waals surface area contributed by atoms with Gasteiger partial charge in [-0.3, -0.25) is 4.79 Å². The number of carbonyl (C=O) groups is 1. The first kappa shape index (κ1) is 17.6. The van der Waals surface area contributed by atoms with E-state index in [9.17, 15) is 4.79 Å². The predicted molar refractivity (Wildman–Crippen MR) is 88.9 cm³/mol. The van der Waals surface area contributed by atoms with Crippen LogP contribution in [0.2, 0.25) is 5.02 Å². The van der Waals surface area contributed by atoms with Crippen LogP contribution >= 0.6 is 11.6 Å². The minimum atomic E-state index is -0.0979. The average molecular weight is 497 g/mol. The summed E-state index contributed by atoms with van der Waals surface area (Å²) in [5.74, 6) is 0.646. The molecule has 3 rings (SSSR count). The Bertz CT molecular complexity index is 869. The molecular formula is C18H15ClNO2W-. The van der Waals surface area contributed by atoms with Crippen molar-refractivity contribution < 1.29 is 30.6 Å². The maximum absolute atomic E-state index is 12.8. The van der Waals surface area contributed by atoms with Crippen molar-refractivity contribution in [3.63, 3.8) is 0 Å². The third-order valence-electron chi connectivity index (χ3n) is 3.84. The smallest absolute Gasteiger partial charge is 0.250 e. The van der Waals surface area contributed by atoms with Crippen molar-refractivity contribution >= 4 is 28.4 Å². The molecule has 23 heavy (non-hydrogen) atoms. The second kappa shape index (κ2) is 6.82. The van der Waals surface area contributed by atoms with Gasteiger partial charge in [-0.15, -0.1) is 0 Å². The Labute approximate surface area is 154 Å². The van der Waals surface area contributed by atoms with Gasteiger partial charge in [-0.05, 0) is 41.9 Å². The van der Waals surface area contributed by atoms with E-state index in [-0.39, 0.29) is 27.0 Å². The molecule has 0 spiro atoms. The molecule has 0 saturated carbocycles. The van der Waals surface area contributed by atoms with Gasteiger partial charge in [0, 0.05) is 31.7 Å². The van der Waals surface area contributed by atoms with Gasteiger partial charge in [-0.2, -0.15) is 12.5 Å². The standard InChI is InChI=1S/C18H15ClNO2.W/c1-11-12(2)20(17-9-8-15(22-3)10-16(11)17)18(21)13-4-6-14(19)7-5-13;/h4-10H,1H2,2-3H3;/q-1;. The van der Waals surface area contributed by atoms with E-state index in [1.165, 1.54) is 0 Å². The zero-order chi connectivity index (χ0) is 15.9. The predicted octanol–water partition coefficient (Wildman–Crippen LogP) is 4.48. The second-order valence-electron chi connectivity index (χ2n) is 5.09. The number of benzene rings is 2. The Balaban J connectivity index is 0.00000192. The van der Waals surface area contributed by atoms with E-state index in [0.717, 1.165) is 27.9 Å². The monoisotopic (exact) mass is 496 g/mol. The zero-order valence-electron chi connectivity index (χ0n) is 12.8. The number of halogens is 1. The van der Waals surface area contributed by atoms with Gasteiger partial charge in [-0.25, -0.2) is 0 Å². The molecule has 0 bridgehead atoms. The first-order chi connectivity index (χ1) is 10.5. The number of rotatable bonds is 2. The van der Waals surface area contributed by atoms with Crippen molar-refractivity contribution in [1.29, 1.82) is 0 Å². The van der Waals surface area contributed by atoms with Crippen molar-refractivity contribution in [2.24, 2.45) is 0 Å². The van der Waals surface area contributed by atoms with Crippen LogP contribution in [0.25, 0.3) is 10.9 Å². The van der Waals surface area contributed by atoms with E-state index in [1.54, 1.807) is 35.9 Å². The van der Waals surface area contributed by atoms with Crippen LogP contribution in [0.15, 0.2) is 42.5 Å². The summed E-state index contributed by atoms with van der Waals surface area (Å²) >= 11 is 5.88. The summed E-state index contributed by atoms with van der Waals surface area (Å²) in [6.07, 6.45) is 0. The maximum atomic E-state index is 12.8. The normalized spacial score (nSPS) is 10.4. The molecule has 0 N–H and O–H groups in total. The summed E-state index contributed by atoms with van der Waals surface area (Å²) in [5.41, 5.74) is 3.06. The van der Waals surface area contributed by atoms with E-state index in [0.29, 0.717) is 10.6 Å². The number of fused-ring (bicyclic) bond motifs is 1. The summed E-state index contributed by atoms with van der Waals surface area (Å²) in [4.78, 5) is 12.8. The molecule has 0 unspecified atom stereocenters. The van der Waals surface area contributed by atoms with Gasteiger partial charge in [0.2, 0.25) is 0 Å². The van der Waals surface area contributed by atoms with Crippen molar-refractivity contribution in [2.45, 2.75) is 6.92 Å². The molecule has 0 aliphatic rings. The molecule has 0 amide bonds. The van der Waals surface area contributed by atoms with Crippen LogP contribution in [0, 0.1) is 13.8 Å². The molecule has 118 valence electrons. The van der Waals surface area contributed by atoms with Crippen LogP contribution in [-0.4, -0.2) is 17.6 Å². The Morgan fingerprint density at radius 3 is 2.43 bits per heavy atom. The van der Waals surface area contributed by atoms with Crippen LogP contribution < -0.4 is 4.74 Å². The second-order valence-corrected chi connectivity index (χ2v) is 5.53. The van der Waals surface area contributed by atoms with Gasteiger partial charge < -0.3 is 9.30 Å². The van der Waals surface area contributed by atoms with E-state index >= 15 is 0 Å². The van der Waals surface area contributed by atoms with Crippen LogP contribution in [0.5, 0.6) is 5.75 Å². The Kier molecular flexibility index (Phi) is 5.23. The van der Waals surface area contributed by atoms with Crippen molar-refractivity contribution in [2.75, 3.05) is 7.11 Å². The summed E-state index contributed by atoms with van der Waals surface area (Å²) < 4.78 is 6.93. The van der Waals surface area contributed by atoms with Crippen LogP contribution in [0.3, 0.4) is 0 Å². The molecule has 0 aliphatic heterocycles. The summed E-state index contributed by atoms with van der Waals surface area (Å²) in [6.45, 7) is 5.98. The molecule has 0 fully saturated rings. The Morgan fingerprint density at radius 2 is 1.83 bits per heavy atom. The molecule has 2 aromatic carbocycles. The number of hydrogen-bond donors (Lipinski definition) is 0. The number of aromatic nitrogens is 1. The summed E-state index contributed by atoms with van der Waals surface area (Å²) in [6, 6.07) is 12.5. The van der Waals surface area contributed by atoms with Gasteiger partial charge in [-0.1, -0.05) is 35.7 Å². The third-order valence-corrected chi connectivity index (χ3v) is 4.09. The first-order valence-corrected chi connectivity index (χ1v) is 7.22. The summed E-state index contributed by atoms with van der Waals surface area (Å²) in [7, 11) is 1.62. The van der Waals surface area contributed by atoms with E-state index in [2.05, 4.69) is 6.92 Å². The molecule has 0 saturated heterocycles. The van der Waals surface area contributed by atoms with E-state index in [1.807, 2.05) is 25.1 Å². The Hall–Kier alpha value is -1.70. The topological polar surface area (TPSA) is 31.2 Å². The third kappa shape index (κ3) is 3.04. The number of methoxy groups -OCH3 is 1. The zero-order valence-corrected chi connectivity index (χ0v) is 16.5. The molecule has 0 radical (unpaired) electrons. The minimum Gasteiger partial charge on any atom is -0.498 e. The quantitative estimate of drug-likeness (QED) is 0.490. The average Bonchev–Trinajstić information content (AvgIpc) is 2.78. The molecule has 1 heterocycles. The number of hydrogen-bond acceptors (Lipinski definition) is 2. The van der Waals surface area contributed by atoms with Gasteiger partial charge in [0.15, 0.2) is 0 Å². The number of ether oxygens (including phenoxy) is 1. The first-order valence-electron chi connectivity index (χ1n) is 6.84. The number of nitrogens with zero attached hydrogens (tertiary/aromatic N) is 1. The molecule has 3 nitrogen and oxygen atoms in total. The molecular weight excluding hydrogens is 481 g/mol. The van der Waals surface area contributed by atoms with Crippen molar-refractivity contribution in [3.05, 3.63) is 71.2 Å². The fourth-order valence-electron chi connectivity index (χ4n) is 2.57. The molecule has 0 atom stereocenters. The van der Waals surface area contributed by atoms with Gasteiger partial charge >= 0.3 is 0 Å². The van der Waals surface area contributed by atoms with Gasteiger partial charge in [0.25, 0.3) is 5.91 Å². The largest absolute Gasteiger partial charge is 0.498 e. The molecule has 0 aliphatic carbocycles.